The van der Waals surface area contributed by atoms with Crippen molar-refractivity contribution in [2.24, 2.45) is 17.8 Å². The SMILES string of the molecule is CC(C)CC(O)C1CCN(CC2CNNC2c2ccc(F)cc2)CC1. The second kappa shape index (κ2) is 8.58. The first-order valence-corrected chi connectivity index (χ1v) is 9.67. The molecule has 5 heteroatoms. The van der Waals surface area contributed by atoms with E-state index in [1.165, 1.54) is 12.1 Å². The Morgan fingerprint density at radius 2 is 1.88 bits per heavy atom. The van der Waals surface area contributed by atoms with Gasteiger partial charge in [-0.1, -0.05) is 26.0 Å². The zero-order valence-electron chi connectivity index (χ0n) is 15.4. The highest BCUT2D eigenvalue weighted by Gasteiger charge is 2.32. The molecule has 4 nitrogen and oxygen atoms in total. The van der Waals surface area contributed by atoms with Gasteiger partial charge in [-0.15, -0.1) is 0 Å². The summed E-state index contributed by atoms with van der Waals surface area (Å²) >= 11 is 0. The van der Waals surface area contributed by atoms with Crippen LogP contribution in [0.1, 0.15) is 44.7 Å². The Kier molecular flexibility index (Phi) is 6.44. The minimum Gasteiger partial charge on any atom is -0.393 e. The average molecular weight is 349 g/mol. The lowest BCUT2D eigenvalue weighted by Crippen LogP contribution is -2.41. The maximum absolute atomic E-state index is 13.2. The van der Waals surface area contributed by atoms with E-state index >= 15 is 0 Å². The quantitative estimate of drug-likeness (QED) is 0.739. The Balaban J connectivity index is 1.50. The first kappa shape index (κ1) is 18.8. The van der Waals surface area contributed by atoms with Crippen LogP contribution < -0.4 is 10.9 Å². The number of halogens is 1. The van der Waals surface area contributed by atoms with E-state index in [1.807, 2.05) is 12.1 Å². The van der Waals surface area contributed by atoms with Crippen molar-refractivity contribution in [1.82, 2.24) is 15.8 Å². The normalized spacial score (nSPS) is 27.1. The molecule has 0 aromatic heterocycles. The minimum atomic E-state index is -0.187. The number of nitrogens with zero attached hydrogens (tertiary/aromatic N) is 1. The van der Waals surface area contributed by atoms with Crippen molar-refractivity contribution >= 4 is 0 Å². The van der Waals surface area contributed by atoms with Crippen LogP contribution in [-0.2, 0) is 0 Å². The summed E-state index contributed by atoms with van der Waals surface area (Å²) in [6.07, 6.45) is 2.93. The van der Waals surface area contributed by atoms with Crippen LogP contribution in [0.4, 0.5) is 4.39 Å². The van der Waals surface area contributed by atoms with Crippen molar-refractivity contribution in [3.63, 3.8) is 0 Å². The number of rotatable bonds is 6. The maximum atomic E-state index is 13.2. The summed E-state index contributed by atoms with van der Waals surface area (Å²) in [6, 6.07) is 7.05. The van der Waals surface area contributed by atoms with Gasteiger partial charge in [-0.05, 0) is 61.9 Å². The largest absolute Gasteiger partial charge is 0.393 e. The lowest BCUT2D eigenvalue weighted by Gasteiger charge is -2.36. The fraction of sp³-hybridized carbons (Fsp3) is 0.700. The Bertz CT molecular complexity index is 528. The molecule has 3 unspecified atom stereocenters. The van der Waals surface area contributed by atoms with Crippen LogP contribution in [0.15, 0.2) is 24.3 Å². The van der Waals surface area contributed by atoms with E-state index in [0.717, 1.165) is 51.0 Å². The lowest BCUT2D eigenvalue weighted by atomic mass is 9.86. The van der Waals surface area contributed by atoms with Gasteiger partial charge in [0.05, 0.1) is 12.1 Å². The third-order valence-corrected chi connectivity index (χ3v) is 5.70. The molecule has 3 N–H and O–H groups in total. The Morgan fingerprint density at radius 3 is 2.52 bits per heavy atom. The van der Waals surface area contributed by atoms with Crippen LogP contribution in [-0.4, -0.2) is 42.3 Å². The van der Waals surface area contributed by atoms with Gasteiger partial charge in [0, 0.05) is 19.0 Å². The Hall–Kier alpha value is -1.01. The highest BCUT2D eigenvalue weighted by atomic mass is 19.1. The van der Waals surface area contributed by atoms with Crippen molar-refractivity contribution in [1.29, 1.82) is 0 Å². The van der Waals surface area contributed by atoms with Gasteiger partial charge in [-0.3, -0.25) is 5.43 Å². The number of benzene rings is 1. The van der Waals surface area contributed by atoms with Gasteiger partial charge in [0.25, 0.3) is 0 Å². The standard InChI is InChI=1S/C20H32FN3O/c1-14(2)11-19(25)15-7-9-24(10-8-15)13-17-12-22-23-20(17)16-3-5-18(21)6-4-16/h3-6,14-15,17,19-20,22-23,25H,7-13H2,1-2H3. The summed E-state index contributed by atoms with van der Waals surface area (Å²) in [5.41, 5.74) is 7.74. The van der Waals surface area contributed by atoms with Crippen molar-refractivity contribution in [3.05, 3.63) is 35.6 Å². The van der Waals surface area contributed by atoms with Gasteiger partial charge in [-0.2, -0.15) is 0 Å². The molecule has 0 radical (unpaired) electrons. The van der Waals surface area contributed by atoms with Crippen LogP contribution in [0, 0.1) is 23.6 Å². The van der Waals surface area contributed by atoms with Crippen LogP contribution in [0.3, 0.4) is 0 Å². The van der Waals surface area contributed by atoms with Crippen LogP contribution in [0.25, 0.3) is 0 Å². The molecule has 0 bridgehead atoms. The predicted octanol–water partition coefficient (Wildman–Crippen LogP) is 2.71. The molecular weight excluding hydrogens is 317 g/mol. The molecule has 0 saturated carbocycles. The van der Waals surface area contributed by atoms with Gasteiger partial charge in [-0.25, -0.2) is 9.82 Å². The molecule has 2 saturated heterocycles. The summed E-state index contributed by atoms with van der Waals surface area (Å²) in [4.78, 5) is 2.52. The van der Waals surface area contributed by atoms with Crippen molar-refractivity contribution in [2.75, 3.05) is 26.2 Å². The molecular formula is C20H32FN3O. The molecule has 0 aliphatic carbocycles. The van der Waals surface area contributed by atoms with E-state index in [-0.39, 0.29) is 18.0 Å². The fourth-order valence-electron chi connectivity index (χ4n) is 4.26. The molecule has 2 aliphatic rings. The minimum absolute atomic E-state index is 0.149. The van der Waals surface area contributed by atoms with E-state index in [4.69, 9.17) is 0 Å². The van der Waals surface area contributed by atoms with Gasteiger partial charge in [0.15, 0.2) is 0 Å². The smallest absolute Gasteiger partial charge is 0.123 e. The van der Waals surface area contributed by atoms with Crippen LogP contribution >= 0.6 is 0 Å². The number of piperidine rings is 1. The molecule has 3 rings (SSSR count). The summed E-state index contributed by atoms with van der Waals surface area (Å²) in [5, 5.41) is 10.4. The van der Waals surface area contributed by atoms with Crippen molar-refractivity contribution in [3.8, 4) is 0 Å². The maximum Gasteiger partial charge on any atom is 0.123 e. The van der Waals surface area contributed by atoms with E-state index in [0.29, 0.717) is 17.8 Å². The Morgan fingerprint density at radius 1 is 1.20 bits per heavy atom. The van der Waals surface area contributed by atoms with Crippen LogP contribution in [0.2, 0.25) is 0 Å². The Labute approximate surface area is 150 Å². The zero-order valence-corrected chi connectivity index (χ0v) is 15.4. The van der Waals surface area contributed by atoms with Gasteiger partial charge in [0.2, 0.25) is 0 Å². The highest BCUT2D eigenvalue weighted by Crippen LogP contribution is 2.29. The predicted molar refractivity (Wildman–Crippen MR) is 98.4 cm³/mol. The summed E-state index contributed by atoms with van der Waals surface area (Å²) in [7, 11) is 0. The van der Waals surface area contributed by atoms with Crippen molar-refractivity contribution in [2.45, 2.75) is 45.3 Å². The first-order valence-electron chi connectivity index (χ1n) is 9.67. The highest BCUT2D eigenvalue weighted by molar-refractivity contribution is 5.21. The van der Waals surface area contributed by atoms with Crippen molar-refractivity contribution < 1.29 is 9.50 Å². The molecule has 2 heterocycles. The molecule has 1 aromatic carbocycles. The third-order valence-electron chi connectivity index (χ3n) is 5.70. The average Bonchev–Trinajstić information content (AvgIpc) is 3.03. The second-order valence-electron chi connectivity index (χ2n) is 8.15. The monoisotopic (exact) mass is 349 g/mol. The fourth-order valence-corrected chi connectivity index (χ4v) is 4.26. The summed E-state index contributed by atoms with van der Waals surface area (Å²) in [6.45, 7) is 8.44. The van der Waals surface area contributed by atoms with Crippen LogP contribution in [0.5, 0.6) is 0 Å². The summed E-state index contributed by atoms with van der Waals surface area (Å²) < 4.78 is 13.2. The number of aliphatic hydroxyl groups is 1. The van der Waals surface area contributed by atoms with Gasteiger partial charge >= 0.3 is 0 Å². The molecule has 2 aliphatic heterocycles. The lowest BCUT2D eigenvalue weighted by molar-refractivity contribution is 0.0416. The van der Waals surface area contributed by atoms with E-state index in [9.17, 15) is 9.50 Å². The molecule has 0 amide bonds. The third kappa shape index (κ3) is 5.00. The molecule has 0 spiro atoms. The molecule has 1 aromatic rings. The number of aliphatic hydroxyl groups excluding tert-OH is 1. The van der Waals surface area contributed by atoms with Gasteiger partial charge in [0.1, 0.15) is 5.82 Å². The number of hydrogen-bond acceptors (Lipinski definition) is 4. The topological polar surface area (TPSA) is 47.5 Å². The van der Waals surface area contributed by atoms with Gasteiger partial charge < -0.3 is 10.0 Å². The zero-order chi connectivity index (χ0) is 17.8. The first-order chi connectivity index (χ1) is 12.0. The summed E-state index contributed by atoms with van der Waals surface area (Å²) in [5.74, 6) is 1.29. The number of hydrazine groups is 1. The number of likely N-dealkylation sites (tertiary alicyclic amines) is 1. The molecule has 25 heavy (non-hydrogen) atoms. The number of hydrogen-bond donors (Lipinski definition) is 3. The number of nitrogens with one attached hydrogen (secondary N) is 2. The van der Waals surface area contributed by atoms with E-state index in [1.54, 1.807) is 0 Å². The second-order valence-corrected chi connectivity index (χ2v) is 8.15. The molecule has 3 atom stereocenters. The molecule has 140 valence electrons. The van der Waals surface area contributed by atoms with E-state index < -0.39 is 0 Å². The molecule has 2 fully saturated rings. The van der Waals surface area contributed by atoms with E-state index in [2.05, 4.69) is 29.6 Å².